The van der Waals surface area contributed by atoms with Crippen LogP contribution < -0.4 is 4.74 Å². The molecule has 2 aliphatic heterocycles. The number of hydrogen-bond donors (Lipinski definition) is 0. The average Bonchev–Trinajstić information content (AvgIpc) is 2.96. The Labute approximate surface area is 154 Å². The van der Waals surface area contributed by atoms with Crippen molar-refractivity contribution in [3.8, 4) is 5.75 Å². The number of rotatable bonds is 3. The molecule has 4 rings (SSSR count). The number of nitrogens with zero attached hydrogens (tertiary/aromatic N) is 2. The van der Waals surface area contributed by atoms with E-state index < -0.39 is 0 Å². The highest BCUT2D eigenvalue weighted by atomic mass is 16.5. The second kappa shape index (κ2) is 7.96. The third-order valence-electron chi connectivity index (χ3n) is 5.34. The predicted molar refractivity (Wildman–Crippen MR) is 98.8 cm³/mol. The van der Waals surface area contributed by atoms with Crippen LogP contribution in [0.1, 0.15) is 43.0 Å². The summed E-state index contributed by atoms with van der Waals surface area (Å²) in [7, 11) is 0. The largest absolute Gasteiger partial charge is 0.492 e. The Morgan fingerprint density at radius 3 is 2.88 bits per heavy atom. The Hall–Kier alpha value is -2.27. The third-order valence-corrected chi connectivity index (χ3v) is 5.34. The van der Waals surface area contributed by atoms with E-state index in [0.29, 0.717) is 13.2 Å². The Morgan fingerprint density at radius 1 is 1.08 bits per heavy atom. The molecule has 5 heteroatoms. The van der Waals surface area contributed by atoms with Gasteiger partial charge >= 0.3 is 0 Å². The number of likely N-dealkylation sites (tertiary alicyclic amines) is 1. The summed E-state index contributed by atoms with van der Waals surface area (Å²) in [6, 6.07) is 12.1. The van der Waals surface area contributed by atoms with Gasteiger partial charge in [0.2, 0.25) is 5.91 Å². The van der Waals surface area contributed by atoms with Crippen LogP contribution >= 0.6 is 0 Å². The quantitative estimate of drug-likeness (QED) is 0.845. The van der Waals surface area contributed by atoms with Crippen molar-refractivity contribution < 1.29 is 13.9 Å². The van der Waals surface area contributed by atoms with E-state index in [1.807, 2.05) is 35.2 Å². The molecular formula is C21H26N2O3. The van der Waals surface area contributed by atoms with E-state index in [-0.39, 0.29) is 11.9 Å². The van der Waals surface area contributed by atoms with E-state index >= 15 is 0 Å². The van der Waals surface area contributed by atoms with Crippen molar-refractivity contribution in [2.24, 2.45) is 0 Å². The van der Waals surface area contributed by atoms with Crippen LogP contribution in [-0.4, -0.2) is 41.9 Å². The number of amides is 1. The summed E-state index contributed by atoms with van der Waals surface area (Å²) in [6.07, 6.45) is 6.05. The van der Waals surface area contributed by atoms with Crippen molar-refractivity contribution in [3.05, 3.63) is 54.0 Å². The lowest BCUT2D eigenvalue weighted by Gasteiger charge is -2.31. The van der Waals surface area contributed by atoms with Crippen LogP contribution in [-0.2, 0) is 11.3 Å². The van der Waals surface area contributed by atoms with Crippen LogP contribution in [0.3, 0.4) is 0 Å². The summed E-state index contributed by atoms with van der Waals surface area (Å²) >= 11 is 0. The van der Waals surface area contributed by atoms with Gasteiger partial charge in [0.05, 0.1) is 18.8 Å². The van der Waals surface area contributed by atoms with E-state index in [0.717, 1.165) is 56.0 Å². The fourth-order valence-electron chi connectivity index (χ4n) is 3.98. The molecule has 2 aromatic rings. The molecule has 0 aliphatic carbocycles. The molecule has 1 aromatic heterocycles. The standard InChI is InChI=1S/C21H26N2O3/c24-21(16-22-12-14-26-19-9-4-3-7-17(19)15-22)23-11-5-1-2-8-18(23)20-10-6-13-25-20/h3-4,6-7,9-10,13,18H,1-2,5,8,11-12,14-16H2. The number of ether oxygens (including phenoxy) is 1. The molecule has 0 bridgehead atoms. The predicted octanol–water partition coefficient (Wildman–Crippen LogP) is 3.62. The van der Waals surface area contributed by atoms with Gasteiger partial charge in [-0.3, -0.25) is 9.69 Å². The molecule has 2 aliphatic rings. The summed E-state index contributed by atoms with van der Waals surface area (Å²) < 4.78 is 11.5. The maximum Gasteiger partial charge on any atom is 0.237 e. The molecule has 138 valence electrons. The van der Waals surface area contributed by atoms with E-state index in [1.165, 1.54) is 6.42 Å². The van der Waals surface area contributed by atoms with Crippen LogP contribution in [0, 0.1) is 0 Å². The molecule has 1 fully saturated rings. The molecule has 1 unspecified atom stereocenters. The summed E-state index contributed by atoms with van der Waals surface area (Å²) in [4.78, 5) is 17.4. The molecule has 1 aromatic carbocycles. The molecule has 0 spiro atoms. The van der Waals surface area contributed by atoms with Crippen LogP contribution in [0.4, 0.5) is 0 Å². The van der Waals surface area contributed by atoms with Gasteiger partial charge in [-0.25, -0.2) is 0 Å². The normalized spacial score (nSPS) is 21.4. The van der Waals surface area contributed by atoms with Crippen molar-refractivity contribution in [2.45, 2.75) is 38.3 Å². The van der Waals surface area contributed by atoms with Crippen LogP contribution in [0.2, 0.25) is 0 Å². The zero-order chi connectivity index (χ0) is 17.8. The van der Waals surface area contributed by atoms with E-state index in [4.69, 9.17) is 9.15 Å². The SMILES string of the molecule is O=C(CN1CCOc2ccccc2C1)N1CCCCCC1c1ccco1. The monoisotopic (exact) mass is 354 g/mol. The fraction of sp³-hybridized carbons (Fsp3) is 0.476. The molecule has 0 saturated carbocycles. The van der Waals surface area contributed by atoms with Gasteiger partial charge in [0.15, 0.2) is 0 Å². The number of para-hydroxylation sites is 1. The van der Waals surface area contributed by atoms with Gasteiger partial charge in [0, 0.05) is 25.2 Å². The minimum absolute atomic E-state index is 0.0653. The Balaban J connectivity index is 1.47. The van der Waals surface area contributed by atoms with E-state index in [9.17, 15) is 4.79 Å². The molecule has 1 saturated heterocycles. The number of benzene rings is 1. The topological polar surface area (TPSA) is 45.9 Å². The average molecular weight is 354 g/mol. The van der Waals surface area contributed by atoms with Gasteiger partial charge < -0.3 is 14.1 Å². The number of fused-ring (bicyclic) bond motifs is 1. The number of hydrogen-bond acceptors (Lipinski definition) is 4. The van der Waals surface area contributed by atoms with Gasteiger partial charge in [-0.05, 0) is 31.0 Å². The van der Waals surface area contributed by atoms with E-state index in [2.05, 4.69) is 11.0 Å². The van der Waals surface area contributed by atoms with Crippen LogP contribution in [0.25, 0.3) is 0 Å². The highest BCUT2D eigenvalue weighted by Crippen LogP contribution is 2.31. The van der Waals surface area contributed by atoms with Crippen LogP contribution in [0.15, 0.2) is 47.1 Å². The zero-order valence-electron chi connectivity index (χ0n) is 15.1. The first kappa shape index (κ1) is 17.2. The van der Waals surface area contributed by atoms with Crippen molar-refractivity contribution in [1.29, 1.82) is 0 Å². The molecule has 26 heavy (non-hydrogen) atoms. The third kappa shape index (κ3) is 3.78. The minimum Gasteiger partial charge on any atom is -0.492 e. The molecule has 1 atom stereocenters. The number of carbonyl (C=O) groups excluding carboxylic acids is 1. The lowest BCUT2D eigenvalue weighted by Crippen LogP contribution is -2.42. The van der Waals surface area contributed by atoms with Crippen LogP contribution in [0.5, 0.6) is 5.75 Å². The first-order valence-electron chi connectivity index (χ1n) is 9.57. The van der Waals surface area contributed by atoms with Crippen molar-refractivity contribution in [1.82, 2.24) is 9.80 Å². The summed E-state index contributed by atoms with van der Waals surface area (Å²) in [5, 5.41) is 0. The van der Waals surface area contributed by atoms with Gasteiger partial charge in [0.25, 0.3) is 0 Å². The zero-order valence-corrected chi connectivity index (χ0v) is 15.1. The van der Waals surface area contributed by atoms with Gasteiger partial charge in [0.1, 0.15) is 18.1 Å². The van der Waals surface area contributed by atoms with Crippen molar-refractivity contribution >= 4 is 5.91 Å². The Morgan fingerprint density at radius 2 is 2.00 bits per heavy atom. The van der Waals surface area contributed by atoms with Gasteiger partial charge in [-0.1, -0.05) is 31.0 Å². The first-order chi connectivity index (χ1) is 12.8. The number of furan rings is 1. The fourth-order valence-corrected chi connectivity index (χ4v) is 3.98. The van der Waals surface area contributed by atoms with Gasteiger partial charge in [-0.15, -0.1) is 0 Å². The summed E-state index contributed by atoms with van der Waals surface area (Å²) in [5.41, 5.74) is 1.15. The highest BCUT2D eigenvalue weighted by molar-refractivity contribution is 5.78. The summed E-state index contributed by atoms with van der Waals surface area (Å²) in [6.45, 7) is 3.37. The molecule has 0 radical (unpaired) electrons. The molecule has 3 heterocycles. The lowest BCUT2D eigenvalue weighted by molar-refractivity contribution is -0.135. The smallest absolute Gasteiger partial charge is 0.237 e. The first-order valence-corrected chi connectivity index (χ1v) is 9.57. The lowest BCUT2D eigenvalue weighted by atomic mass is 10.1. The highest BCUT2D eigenvalue weighted by Gasteiger charge is 2.30. The second-order valence-corrected chi connectivity index (χ2v) is 7.13. The molecule has 0 N–H and O–H groups in total. The second-order valence-electron chi connectivity index (χ2n) is 7.13. The Bertz CT molecular complexity index is 729. The maximum atomic E-state index is 13.2. The summed E-state index contributed by atoms with van der Waals surface area (Å²) in [5.74, 6) is 2.03. The molecular weight excluding hydrogens is 328 g/mol. The van der Waals surface area contributed by atoms with Gasteiger partial charge in [-0.2, -0.15) is 0 Å². The van der Waals surface area contributed by atoms with Crippen molar-refractivity contribution in [3.63, 3.8) is 0 Å². The molecule has 5 nitrogen and oxygen atoms in total. The maximum absolute atomic E-state index is 13.2. The minimum atomic E-state index is 0.0653. The molecule has 1 amide bonds. The number of carbonyl (C=O) groups is 1. The Kier molecular flexibility index (Phi) is 5.25. The van der Waals surface area contributed by atoms with E-state index in [1.54, 1.807) is 6.26 Å². The van der Waals surface area contributed by atoms with Crippen molar-refractivity contribution in [2.75, 3.05) is 26.2 Å².